The third-order valence-electron chi connectivity index (χ3n) is 1.62. The summed E-state index contributed by atoms with van der Waals surface area (Å²) in [7, 11) is 0. The molecule has 0 aromatic carbocycles. The van der Waals surface area contributed by atoms with E-state index in [1.165, 1.54) is 18.4 Å². The van der Waals surface area contributed by atoms with E-state index in [1.54, 1.807) is 0 Å². The van der Waals surface area contributed by atoms with Crippen LogP contribution in [0, 0.1) is 5.92 Å². The highest BCUT2D eigenvalue weighted by Gasteiger charge is 1.95. The quantitative estimate of drug-likeness (QED) is 0.607. The summed E-state index contributed by atoms with van der Waals surface area (Å²) >= 11 is 0. The number of aliphatic hydroxyl groups is 1. The summed E-state index contributed by atoms with van der Waals surface area (Å²) in [4.78, 5) is 0. The highest BCUT2D eigenvalue weighted by Crippen LogP contribution is 2.09. The topological polar surface area (TPSA) is 20.2 Å². The van der Waals surface area contributed by atoms with Crippen molar-refractivity contribution in [2.75, 3.05) is 6.61 Å². The van der Waals surface area contributed by atoms with Crippen LogP contribution in [-0.2, 0) is 0 Å². The number of hydrogen-bond donors (Lipinski definition) is 1. The van der Waals surface area contributed by atoms with Crippen LogP contribution in [0.2, 0.25) is 0 Å². The van der Waals surface area contributed by atoms with Crippen molar-refractivity contribution in [3.8, 4) is 0 Å². The van der Waals surface area contributed by atoms with Gasteiger partial charge in [0, 0.05) is 0 Å². The summed E-state index contributed by atoms with van der Waals surface area (Å²) in [5.74, 6) is 0.564. The molecule has 66 valence electrons. The molecule has 0 fully saturated rings. The van der Waals surface area contributed by atoms with Crippen LogP contribution in [0.1, 0.15) is 40.0 Å². The van der Waals surface area contributed by atoms with Gasteiger partial charge in [0.15, 0.2) is 0 Å². The van der Waals surface area contributed by atoms with Crippen molar-refractivity contribution in [2.45, 2.75) is 40.0 Å². The minimum absolute atomic E-state index is 0.234. The molecule has 0 saturated carbocycles. The van der Waals surface area contributed by atoms with Crippen LogP contribution >= 0.6 is 0 Å². The van der Waals surface area contributed by atoms with Gasteiger partial charge in [-0.3, -0.25) is 0 Å². The Morgan fingerprint density at radius 1 is 1.45 bits per heavy atom. The second-order valence-corrected chi connectivity index (χ2v) is 3.33. The molecule has 0 radical (unpaired) electrons. The zero-order valence-corrected chi connectivity index (χ0v) is 7.93. The van der Waals surface area contributed by atoms with Gasteiger partial charge in [-0.15, -0.1) is 0 Å². The summed E-state index contributed by atoms with van der Waals surface area (Å²) < 4.78 is 0. The number of rotatable bonds is 5. The van der Waals surface area contributed by atoms with Gasteiger partial charge in [0.25, 0.3) is 0 Å². The normalized spacial score (nSPS) is 12.6. The van der Waals surface area contributed by atoms with Crippen LogP contribution in [0.3, 0.4) is 0 Å². The fourth-order valence-corrected chi connectivity index (χ4v) is 1.09. The van der Waals surface area contributed by atoms with Crippen LogP contribution in [0.5, 0.6) is 0 Å². The van der Waals surface area contributed by atoms with Gasteiger partial charge < -0.3 is 5.11 Å². The fraction of sp³-hybridized carbons (Fsp3) is 0.800. The zero-order chi connectivity index (χ0) is 8.69. The molecule has 0 aromatic heterocycles. The Kier molecular flexibility index (Phi) is 6.24. The van der Waals surface area contributed by atoms with Crippen molar-refractivity contribution in [3.05, 3.63) is 11.6 Å². The van der Waals surface area contributed by atoms with Gasteiger partial charge in [0.1, 0.15) is 0 Å². The van der Waals surface area contributed by atoms with E-state index >= 15 is 0 Å². The third-order valence-corrected chi connectivity index (χ3v) is 1.62. The fourth-order valence-electron chi connectivity index (χ4n) is 1.09. The first kappa shape index (κ1) is 10.7. The molecule has 0 aliphatic rings. The maximum absolute atomic E-state index is 8.93. The van der Waals surface area contributed by atoms with E-state index in [-0.39, 0.29) is 6.61 Å². The van der Waals surface area contributed by atoms with E-state index in [0.717, 1.165) is 6.42 Å². The molecular weight excluding hydrogens is 136 g/mol. The van der Waals surface area contributed by atoms with Crippen molar-refractivity contribution >= 4 is 0 Å². The predicted octanol–water partition coefficient (Wildman–Crippen LogP) is 2.75. The lowest BCUT2D eigenvalue weighted by atomic mass is 10.1. The molecule has 0 heterocycles. The first-order chi connectivity index (χ1) is 5.20. The Morgan fingerprint density at radius 3 is 2.45 bits per heavy atom. The molecule has 0 bridgehead atoms. The molecule has 0 atom stereocenters. The van der Waals surface area contributed by atoms with Crippen LogP contribution in [0.15, 0.2) is 11.6 Å². The summed E-state index contributed by atoms with van der Waals surface area (Å²) in [6.07, 6.45) is 5.62. The second-order valence-electron chi connectivity index (χ2n) is 3.33. The minimum Gasteiger partial charge on any atom is -0.392 e. The van der Waals surface area contributed by atoms with Crippen molar-refractivity contribution < 1.29 is 5.11 Å². The van der Waals surface area contributed by atoms with Crippen molar-refractivity contribution in [1.29, 1.82) is 0 Å². The molecule has 1 heteroatoms. The third kappa shape index (κ3) is 6.11. The van der Waals surface area contributed by atoms with Crippen molar-refractivity contribution in [3.63, 3.8) is 0 Å². The number of unbranched alkanes of at least 4 members (excludes halogenated alkanes) is 1. The van der Waals surface area contributed by atoms with E-state index in [1.807, 2.05) is 0 Å². The largest absolute Gasteiger partial charge is 0.392 e. The maximum atomic E-state index is 8.93. The Labute approximate surface area is 70.1 Å². The molecule has 11 heavy (non-hydrogen) atoms. The van der Waals surface area contributed by atoms with Crippen LogP contribution < -0.4 is 0 Å². The smallest absolute Gasteiger partial charge is 0.0641 e. The molecule has 0 aromatic rings. The molecule has 0 unspecified atom stereocenters. The van der Waals surface area contributed by atoms with Crippen molar-refractivity contribution in [2.24, 2.45) is 5.92 Å². The molecule has 0 rings (SSSR count). The molecule has 0 amide bonds. The first-order valence-corrected chi connectivity index (χ1v) is 4.51. The first-order valence-electron chi connectivity index (χ1n) is 4.51. The lowest BCUT2D eigenvalue weighted by Gasteiger charge is -2.04. The molecule has 0 aliphatic heterocycles. The summed E-state index contributed by atoms with van der Waals surface area (Å²) in [6.45, 7) is 6.69. The predicted molar refractivity (Wildman–Crippen MR) is 49.5 cm³/mol. The summed E-state index contributed by atoms with van der Waals surface area (Å²) in [5.41, 5.74) is 1.20. The Morgan fingerprint density at radius 2 is 2.09 bits per heavy atom. The van der Waals surface area contributed by atoms with Gasteiger partial charge in [0.05, 0.1) is 6.61 Å². The summed E-state index contributed by atoms with van der Waals surface area (Å²) in [5, 5.41) is 8.93. The van der Waals surface area contributed by atoms with Gasteiger partial charge >= 0.3 is 0 Å². The van der Waals surface area contributed by atoms with Gasteiger partial charge in [0.2, 0.25) is 0 Å². The zero-order valence-electron chi connectivity index (χ0n) is 7.93. The van der Waals surface area contributed by atoms with E-state index < -0.39 is 0 Å². The molecule has 0 aliphatic carbocycles. The highest BCUT2D eigenvalue weighted by atomic mass is 16.3. The van der Waals surface area contributed by atoms with E-state index in [0.29, 0.717) is 5.92 Å². The van der Waals surface area contributed by atoms with Crippen LogP contribution in [-0.4, -0.2) is 11.7 Å². The maximum Gasteiger partial charge on any atom is 0.0641 e. The molecule has 1 N–H and O–H groups in total. The average Bonchev–Trinajstić information content (AvgIpc) is 1.97. The van der Waals surface area contributed by atoms with E-state index in [2.05, 4.69) is 26.8 Å². The van der Waals surface area contributed by atoms with E-state index in [4.69, 9.17) is 5.11 Å². The second kappa shape index (κ2) is 6.41. The average molecular weight is 156 g/mol. The highest BCUT2D eigenvalue weighted by molar-refractivity contribution is 5.03. The molecular formula is C10H20O. The Bertz CT molecular complexity index is 114. The van der Waals surface area contributed by atoms with Crippen LogP contribution in [0.25, 0.3) is 0 Å². The van der Waals surface area contributed by atoms with Gasteiger partial charge in [-0.05, 0) is 24.3 Å². The van der Waals surface area contributed by atoms with Crippen LogP contribution in [0.4, 0.5) is 0 Å². The van der Waals surface area contributed by atoms with Gasteiger partial charge in [-0.25, -0.2) is 0 Å². The molecule has 1 nitrogen and oxygen atoms in total. The van der Waals surface area contributed by atoms with E-state index in [9.17, 15) is 0 Å². The lowest BCUT2D eigenvalue weighted by Crippen LogP contribution is -1.93. The number of allylic oxidation sites excluding steroid dienone is 1. The van der Waals surface area contributed by atoms with Gasteiger partial charge in [-0.1, -0.05) is 33.3 Å². The SMILES string of the molecule is CCCCC(=CC(C)C)CO. The number of hydrogen-bond acceptors (Lipinski definition) is 1. The lowest BCUT2D eigenvalue weighted by molar-refractivity contribution is 0.324. The monoisotopic (exact) mass is 156 g/mol. The standard InChI is InChI=1S/C10H20O/c1-4-5-6-10(8-11)7-9(2)3/h7,9,11H,4-6,8H2,1-3H3. The Hall–Kier alpha value is -0.300. The molecule has 0 saturated heterocycles. The minimum atomic E-state index is 0.234. The number of aliphatic hydroxyl groups excluding tert-OH is 1. The van der Waals surface area contributed by atoms with Gasteiger partial charge in [-0.2, -0.15) is 0 Å². The Balaban J connectivity index is 3.74. The molecule has 0 spiro atoms. The summed E-state index contributed by atoms with van der Waals surface area (Å²) in [6, 6.07) is 0. The van der Waals surface area contributed by atoms with Crippen molar-refractivity contribution in [1.82, 2.24) is 0 Å².